The van der Waals surface area contributed by atoms with Crippen LogP contribution in [0.2, 0.25) is 0 Å². The minimum Gasteiger partial charge on any atom is -0.435 e. The van der Waals surface area contributed by atoms with Gasteiger partial charge in [-0.1, -0.05) is 0 Å². The molecule has 1 aromatic rings. The van der Waals surface area contributed by atoms with E-state index >= 15 is 0 Å². The summed E-state index contributed by atoms with van der Waals surface area (Å²) in [6.07, 6.45) is 2.20. The van der Waals surface area contributed by atoms with Gasteiger partial charge in [-0.3, -0.25) is 4.79 Å². The number of nitrogens with one attached hydrogen (secondary N) is 2. The van der Waals surface area contributed by atoms with Crippen molar-refractivity contribution in [3.05, 3.63) is 17.3 Å². The summed E-state index contributed by atoms with van der Waals surface area (Å²) in [5.41, 5.74) is 0.667. The molecule has 0 aliphatic carbocycles. The van der Waals surface area contributed by atoms with E-state index in [2.05, 4.69) is 15.6 Å². The summed E-state index contributed by atoms with van der Waals surface area (Å²) < 4.78 is 5.54. The van der Waals surface area contributed by atoms with Gasteiger partial charge in [0.15, 0.2) is 5.89 Å². The van der Waals surface area contributed by atoms with Gasteiger partial charge in [-0.05, 0) is 26.3 Å². The maximum atomic E-state index is 11.5. The number of carbonyl (C=O) groups excluding carboxylic acids is 1. The number of aryl methyl sites for hydroxylation is 1. The zero-order chi connectivity index (χ0) is 11.5. The molecule has 0 radical (unpaired) electrons. The second-order valence-electron chi connectivity index (χ2n) is 4.09. The number of hydrogen-bond acceptors (Lipinski definition) is 4. The van der Waals surface area contributed by atoms with E-state index in [9.17, 15) is 4.79 Å². The van der Waals surface area contributed by atoms with Crippen LogP contribution in [-0.4, -0.2) is 31.0 Å². The van der Waals surface area contributed by atoms with Crippen LogP contribution in [-0.2, 0) is 0 Å². The molecule has 1 fully saturated rings. The van der Waals surface area contributed by atoms with E-state index in [0.29, 0.717) is 23.3 Å². The van der Waals surface area contributed by atoms with Crippen LogP contribution < -0.4 is 10.6 Å². The molecule has 5 nitrogen and oxygen atoms in total. The predicted octanol–water partition coefficient (Wildman–Crippen LogP) is 0.810. The summed E-state index contributed by atoms with van der Waals surface area (Å²) in [5, 5.41) is 5.85. The van der Waals surface area contributed by atoms with Crippen LogP contribution in [0, 0.1) is 6.92 Å². The molecule has 1 amide bonds. The minimum absolute atomic E-state index is 0.208. The lowest BCUT2D eigenvalue weighted by molar-refractivity contribution is 0.0932. The molecule has 0 aromatic carbocycles. The highest BCUT2D eigenvalue weighted by Gasteiger charge is 2.23. The van der Waals surface area contributed by atoms with Gasteiger partial charge >= 0.3 is 0 Å². The highest BCUT2D eigenvalue weighted by Crippen LogP contribution is 2.24. The van der Waals surface area contributed by atoms with Crippen molar-refractivity contribution in [1.29, 1.82) is 0 Å². The molecule has 2 heterocycles. The molecule has 1 atom stereocenters. The van der Waals surface area contributed by atoms with Crippen LogP contribution in [0.15, 0.2) is 4.42 Å². The Hall–Kier alpha value is -1.36. The summed E-state index contributed by atoms with van der Waals surface area (Å²) in [6.45, 7) is 3.74. The third-order valence-corrected chi connectivity index (χ3v) is 2.89. The van der Waals surface area contributed by atoms with E-state index in [0.717, 1.165) is 25.9 Å². The molecule has 88 valence electrons. The van der Waals surface area contributed by atoms with Crippen LogP contribution in [0.25, 0.3) is 0 Å². The molecule has 1 unspecified atom stereocenters. The molecule has 2 N–H and O–H groups in total. The van der Waals surface area contributed by atoms with Crippen LogP contribution in [0.5, 0.6) is 0 Å². The Morgan fingerprint density at radius 3 is 3.06 bits per heavy atom. The van der Waals surface area contributed by atoms with Crippen molar-refractivity contribution in [3.63, 3.8) is 0 Å². The zero-order valence-corrected chi connectivity index (χ0v) is 9.67. The summed E-state index contributed by atoms with van der Waals surface area (Å²) in [5.74, 6) is 1.11. The Bertz CT molecular complexity index is 381. The van der Waals surface area contributed by atoms with Gasteiger partial charge in [0, 0.05) is 19.5 Å². The first-order valence-electron chi connectivity index (χ1n) is 5.62. The Kier molecular flexibility index (Phi) is 3.24. The quantitative estimate of drug-likeness (QED) is 0.778. The predicted molar refractivity (Wildman–Crippen MR) is 59.5 cm³/mol. The normalized spacial score (nSPS) is 20.8. The van der Waals surface area contributed by atoms with Crippen LogP contribution in [0.1, 0.15) is 40.9 Å². The van der Waals surface area contributed by atoms with E-state index in [4.69, 9.17) is 4.42 Å². The zero-order valence-electron chi connectivity index (χ0n) is 9.67. The number of rotatable bonds is 2. The summed E-state index contributed by atoms with van der Waals surface area (Å²) in [6, 6.07) is 0. The second kappa shape index (κ2) is 4.65. The highest BCUT2D eigenvalue weighted by atomic mass is 16.4. The fourth-order valence-electron chi connectivity index (χ4n) is 1.98. The van der Waals surface area contributed by atoms with Crippen molar-refractivity contribution in [2.75, 3.05) is 20.1 Å². The molecule has 1 aliphatic rings. The van der Waals surface area contributed by atoms with Crippen LogP contribution in [0.4, 0.5) is 0 Å². The third kappa shape index (κ3) is 2.09. The van der Waals surface area contributed by atoms with Gasteiger partial charge in [0.25, 0.3) is 5.91 Å². The Morgan fingerprint density at radius 2 is 2.44 bits per heavy atom. The summed E-state index contributed by atoms with van der Waals surface area (Å²) in [7, 11) is 1.59. The molecule has 1 saturated heterocycles. The lowest BCUT2D eigenvalue weighted by Crippen LogP contribution is -2.28. The van der Waals surface area contributed by atoms with E-state index in [1.54, 1.807) is 14.0 Å². The lowest BCUT2D eigenvalue weighted by Gasteiger charge is -2.19. The van der Waals surface area contributed by atoms with Crippen molar-refractivity contribution in [2.24, 2.45) is 0 Å². The Labute approximate surface area is 94.6 Å². The average Bonchev–Trinajstić information content (AvgIpc) is 2.71. The van der Waals surface area contributed by atoms with Gasteiger partial charge in [-0.2, -0.15) is 0 Å². The monoisotopic (exact) mass is 223 g/mol. The van der Waals surface area contributed by atoms with Crippen molar-refractivity contribution < 1.29 is 9.21 Å². The van der Waals surface area contributed by atoms with Crippen LogP contribution >= 0.6 is 0 Å². The first kappa shape index (κ1) is 11.1. The average molecular weight is 223 g/mol. The Morgan fingerprint density at radius 1 is 1.62 bits per heavy atom. The smallest absolute Gasteiger partial charge is 0.288 e. The second-order valence-corrected chi connectivity index (χ2v) is 4.09. The van der Waals surface area contributed by atoms with Gasteiger partial charge in [-0.15, -0.1) is 0 Å². The van der Waals surface area contributed by atoms with Crippen molar-refractivity contribution in [3.8, 4) is 0 Å². The van der Waals surface area contributed by atoms with Gasteiger partial charge < -0.3 is 15.1 Å². The number of amides is 1. The molecule has 16 heavy (non-hydrogen) atoms. The molecule has 5 heteroatoms. The topological polar surface area (TPSA) is 67.2 Å². The molecular formula is C11H17N3O2. The minimum atomic E-state index is -0.208. The lowest BCUT2D eigenvalue weighted by atomic mass is 10.00. The summed E-state index contributed by atoms with van der Waals surface area (Å²) >= 11 is 0. The number of carbonyl (C=O) groups is 1. The van der Waals surface area contributed by atoms with Gasteiger partial charge in [0.1, 0.15) is 0 Å². The molecule has 1 aliphatic heterocycles. The first-order valence-corrected chi connectivity index (χ1v) is 5.62. The SMILES string of the molecule is CNC(=O)c1oc(C2CCCNC2)nc1C. The van der Waals surface area contributed by atoms with Crippen molar-refractivity contribution >= 4 is 5.91 Å². The first-order chi connectivity index (χ1) is 7.72. The molecule has 0 spiro atoms. The number of oxazole rings is 1. The third-order valence-electron chi connectivity index (χ3n) is 2.89. The Balaban J connectivity index is 2.19. The van der Waals surface area contributed by atoms with Gasteiger partial charge in [0.05, 0.1) is 5.69 Å². The number of aromatic nitrogens is 1. The summed E-state index contributed by atoms with van der Waals surface area (Å²) in [4.78, 5) is 15.8. The van der Waals surface area contributed by atoms with E-state index in [1.807, 2.05) is 0 Å². The van der Waals surface area contributed by atoms with E-state index in [-0.39, 0.29) is 5.91 Å². The van der Waals surface area contributed by atoms with Gasteiger partial charge in [-0.25, -0.2) is 4.98 Å². The van der Waals surface area contributed by atoms with Gasteiger partial charge in [0.2, 0.25) is 5.76 Å². The maximum absolute atomic E-state index is 11.5. The number of hydrogen-bond donors (Lipinski definition) is 2. The molecule has 2 rings (SSSR count). The number of piperidine rings is 1. The standard InChI is InChI=1S/C11H17N3O2/c1-7-9(10(15)12-2)16-11(14-7)8-4-3-5-13-6-8/h8,13H,3-6H2,1-2H3,(H,12,15). The molecule has 0 bridgehead atoms. The highest BCUT2D eigenvalue weighted by molar-refractivity contribution is 5.92. The van der Waals surface area contributed by atoms with E-state index < -0.39 is 0 Å². The number of nitrogens with zero attached hydrogens (tertiary/aromatic N) is 1. The fourth-order valence-corrected chi connectivity index (χ4v) is 1.98. The van der Waals surface area contributed by atoms with Crippen LogP contribution in [0.3, 0.4) is 0 Å². The molecular weight excluding hydrogens is 206 g/mol. The molecule has 1 aromatic heterocycles. The van der Waals surface area contributed by atoms with Crippen molar-refractivity contribution in [1.82, 2.24) is 15.6 Å². The fraction of sp³-hybridized carbons (Fsp3) is 0.636. The van der Waals surface area contributed by atoms with E-state index in [1.165, 1.54) is 0 Å². The van der Waals surface area contributed by atoms with Crippen molar-refractivity contribution in [2.45, 2.75) is 25.7 Å². The molecule has 0 saturated carbocycles. The largest absolute Gasteiger partial charge is 0.435 e. The maximum Gasteiger partial charge on any atom is 0.288 e.